The molecule has 0 amide bonds. The van der Waals surface area contributed by atoms with Crippen LogP contribution in [0.1, 0.15) is 17.2 Å². The van der Waals surface area contributed by atoms with Crippen LogP contribution in [0.4, 0.5) is 0 Å². The van der Waals surface area contributed by atoms with E-state index in [0.29, 0.717) is 11.3 Å². The summed E-state index contributed by atoms with van der Waals surface area (Å²) < 4.78 is 4.97. The number of methoxy groups -OCH3 is 1. The van der Waals surface area contributed by atoms with Gasteiger partial charge < -0.3 is 25.2 Å². The van der Waals surface area contributed by atoms with Crippen molar-refractivity contribution in [1.29, 1.82) is 0 Å². The highest BCUT2D eigenvalue weighted by molar-refractivity contribution is 5.73. The van der Waals surface area contributed by atoms with Gasteiger partial charge in [-0.15, -0.1) is 0 Å². The van der Waals surface area contributed by atoms with Crippen molar-refractivity contribution in [3.63, 3.8) is 0 Å². The average molecular weight is 242 g/mol. The highest BCUT2D eigenvalue weighted by Gasteiger charge is 2.25. The smallest absolute Gasteiger partial charge is 0.335 e. The number of carbonyl (C=O) groups is 1. The van der Waals surface area contributed by atoms with Crippen LogP contribution in [0.5, 0.6) is 5.75 Å². The molecule has 1 aromatic carbocycles. The molecule has 0 aromatic heterocycles. The lowest BCUT2D eigenvalue weighted by molar-refractivity contribution is -0.153. The lowest BCUT2D eigenvalue weighted by atomic mass is 10.0. The van der Waals surface area contributed by atoms with Gasteiger partial charge in [0.2, 0.25) is 0 Å². The summed E-state index contributed by atoms with van der Waals surface area (Å²) in [4.78, 5) is 10.5. The molecule has 0 aliphatic carbocycles. The van der Waals surface area contributed by atoms with Crippen molar-refractivity contribution in [2.24, 2.45) is 0 Å². The summed E-state index contributed by atoms with van der Waals surface area (Å²) in [7, 11) is 1.39. The van der Waals surface area contributed by atoms with E-state index in [1.54, 1.807) is 0 Å². The topological polar surface area (TPSA) is 107 Å². The summed E-state index contributed by atoms with van der Waals surface area (Å²) in [5, 5.41) is 36.3. The number of hydrogen-bond acceptors (Lipinski definition) is 5. The lowest BCUT2D eigenvalue weighted by Crippen LogP contribution is -2.27. The SMILES string of the molecule is COc1cc(C(O)C(O)C(=O)O)ccc1CO. The molecule has 0 heterocycles. The van der Waals surface area contributed by atoms with Gasteiger partial charge in [-0.1, -0.05) is 12.1 Å². The average Bonchev–Trinajstić information content (AvgIpc) is 2.35. The first kappa shape index (κ1) is 13.4. The maximum absolute atomic E-state index is 10.5. The molecule has 0 aliphatic heterocycles. The molecule has 0 aliphatic rings. The fraction of sp³-hybridized carbons (Fsp3) is 0.364. The molecule has 0 radical (unpaired) electrons. The first-order chi connectivity index (χ1) is 8.01. The zero-order chi connectivity index (χ0) is 13.0. The molecule has 0 saturated carbocycles. The minimum atomic E-state index is -1.90. The highest BCUT2D eigenvalue weighted by Crippen LogP contribution is 2.25. The Balaban J connectivity index is 3.03. The van der Waals surface area contributed by atoms with Gasteiger partial charge in [-0.05, 0) is 11.6 Å². The number of aliphatic hydroxyl groups is 3. The van der Waals surface area contributed by atoms with E-state index >= 15 is 0 Å². The number of aliphatic hydroxyl groups excluding tert-OH is 3. The lowest BCUT2D eigenvalue weighted by Gasteiger charge is -2.16. The molecule has 6 heteroatoms. The number of carboxylic acid groups (broad SMARTS) is 1. The van der Waals surface area contributed by atoms with Crippen LogP contribution in [0, 0.1) is 0 Å². The monoisotopic (exact) mass is 242 g/mol. The highest BCUT2D eigenvalue weighted by atomic mass is 16.5. The van der Waals surface area contributed by atoms with Crippen LogP contribution in [-0.4, -0.2) is 39.6 Å². The van der Waals surface area contributed by atoms with Crippen molar-refractivity contribution in [1.82, 2.24) is 0 Å². The van der Waals surface area contributed by atoms with Crippen LogP contribution in [0.25, 0.3) is 0 Å². The molecule has 0 saturated heterocycles. The first-order valence-corrected chi connectivity index (χ1v) is 4.87. The number of benzene rings is 1. The van der Waals surface area contributed by atoms with Crippen molar-refractivity contribution in [3.05, 3.63) is 29.3 Å². The molecule has 6 nitrogen and oxygen atoms in total. The van der Waals surface area contributed by atoms with Crippen molar-refractivity contribution in [3.8, 4) is 5.75 Å². The van der Waals surface area contributed by atoms with Gasteiger partial charge in [0.25, 0.3) is 0 Å². The van der Waals surface area contributed by atoms with Crippen LogP contribution in [0.3, 0.4) is 0 Å². The van der Waals surface area contributed by atoms with E-state index in [-0.39, 0.29) is 12.2 Å². The molecule has 4 N–H and O–H groups in total. The minimum absolute atomic E-state index is 0.203. The summed E-state index contributed by atoms with van der Waals surface area (Å²) in [5.41, 5.74) is 0.710. The maximum Gasteiger partial charge on any atom is 0.335 e. The number of carboxylic acids is 1. The number of ether oxygens (including phenoxy) is 1. The van der Waals surface area contributed by atoms with E-state index in [2.05, 4.69) is 0 Å². The fourth-order valence-corrected chi connectivity index (χ4v) is 1.39. The van der Waals surface area contributed by atoms with Gasteiger partial charge in [-0.25, -0.2) is 4.79 Å². The van der Waals surface area contributed by atoms with Gasteiger partial charge in [-0.3, -0.25) is 0 Å². The zero-order valence-electron chi connectivity index (χ0n) is 9.20. The standard InChI is InChI=1S/C11H14O6/c1-17-8-4-6(2-3-7(8)5-12)9(13)10(14)11(15)16/h2-4,9-10,12-14H,5H2,1H3,(H,15,16). The Morgan fingerprint density at radius 3 is 2.53 bits per heavy atom. The predicted molar refractivity (Wildman–Crippen MR) is 57.5 cm³/mol. The number of aliphatic carboxylic acids is 1. The van der Waals surface area contributed by atoms with Crippen molar-refractivity contribution < 1.29 is 30.0 Å². The Bertz CT molecular complexity index is 403. The second-order valence-corrected chi connectivity index (χ2v) is 3.46. The molecule has 1 rings (SSSR count). The molecule has 0 spiro atoms. The van der Waals surface area contributed by atoms with Crippen LogP contribution < -0.4 is 4.74 Å². The van der Waals surface area contributed by atoms with Gasteiger partial charge >= 0.3 is 5.97 Å². The van der Waals surface area contributed by atoms with Crippen molar-refractivity contribution in [2.75, 3.05) is 7.11 Å². The normalized spacial score (nSPS) is 14.1. The number of hydrogen-bond donors (Lipinski definition) is 4. The van der Waals surface area contributed by atoms with E-state index in [1.165, 1.54) is 25.3 Å². The van der Waals surface area contributed by atoms with E-state index in [0.717, 1.165) is 0 Å². The van der Waals surface area contributed by atoms with Crippen molar-refractivity contribution in [2.45, 2.75) is 18.8 Å². The van der Waals surface area contributed by atoms with Crippen LogP contribution in [0.2, 0.25) is 0 Å². The summed E-state index contributed by atoms with van der Waals surface area (Å²) >= 11 is 0. The Morgan fingerprint density at radius 2 is 2.06 bits per heavy atom. The van der Waals surface area contributed by atoms with Gasteiger partial charge in [0.05, 0.1) is 13.7 Å². The summed E-state index contributed by atoms with van der Waals surface area (Å²) in [6, 6.07) is 4.29. The number of rotatable bonds is 5. The third-order valence-electron chi connectivity index (χ3n) is 2.38. The molecule has 2 atom stereocenters. The Kier molecular flexibility index (Phi) is 4.45. The van der Waals surface area contributed by atoms with E-state index in [1.807, 2.05) is 0 Å². The van der Waals surface area contributed by atoms with E-state index in [4.69, 9.17) is 14.9 Å². The molecule has 17 heavy (non-hydrogen) atoms. The predicted octanol–water partition coefficient (Wildman–Crippen LogP) is -0.334. The minimum Gasteiger partial charge on any atom is -0.496 e. The molecule has 0 fully saturated rings. The quantitative estimate of drug-likeness (QED) is 0.563. The van der Waals surface area contributed by atoms with E-state index < -0.39 is 18.2 Å². The Labute approximate surface area is 97.7 Å². The Morgan fingerprint density at radius 1 is 1.41 bits per heavy atom. The Hall–Kier alpha value is -1.63. The second kappa shape index (κ2) is 5.62. The van der Waals surface area contributed by atoms with Crippen LogP contribution in [-0.2, 0) is 11.4 Å². The summed E-state index contributed by atoms with van der Waals surface area (Å²) in [6.07, 6.45) is -3.45. The molecular formula is C11H14O6. The van der Waals surface area contributed by atoms with Gasteiger partial charge in [-0.2, -0.15) is 0 Å². The van der Waals surface area contributed by atoms with Gasteiger partial charge in [0.1, 0.15) is 11.9 Å². The van der Waals surface area contributed by atoms with Crippen LogP contribution >= 0.6 is 0 Å². The van der Waals surface area contributed by atoms with Gasteiger partial charge in [0.15, 0.2) is 6.10 Å². The first-order valence-electron chi connectivity index (χ1n) is 4.87. The second-order valence-electron chi connectivity index (χ2n) is 3.46. The third kappa shape index (κ3) is 2.94. The van der Waals surface area contributed by atoms with Crippen LogP contribution in [0.15, 0.2) is 18.2 Å². The molecular weight excluding hydrogens is 228 g/mol. The summed E-state index contributed by atoms with van der Waals surface area (Å²) in [5.74, 6) is -1.19. The fourth-order valence-electron chi connectivity index (χ4n) is 1.39. The molecule has 94 valence electrons. The summed E-state index contributed by atoms with van der Waals surface area (Å²) in [6.45, 7) is -0.235. The van der Waals surface area contributed by atoms with Crippen molar-refractivity contribution >= 4 is 5.97 Å². The molecule has 2 unspecified atom stereocenters. The van der Waals surface area contributed by atoms with E-state index in [9.17, 15) is 15.0 Å². The van der Waals surface area contributed by atoms with Gasteiger partial charge in [0, 0.05) is 5.56 Å². The zero-order valence-corrected chi connectivity index (χ0v) is 9.20. The molecule has 1 aromatic rings. The molecule has 0 bridgehead atoms. The third-order valence-corrected chi connectivity index (χ3v) is 2.38. The largest absolute Gasteiger partial charge is 0.496 e. The maximum atomic E-state index is 10.5.